The predicted molar refractivity (Wildman–Crippen MR) is 147 cm³/mol. The molecule has 0 fully saturated rings. The van der Waals surface area contributed by atoms with Crippen LogP contribution in [0.15, 0.2) is 84.9 Å². The summed E-state index contributed by atoms with van der Waals surface area (Å²) in [7, 11) is 0. The van der Waals surface area contributed by atoms with Crippen molar-refractivity contribution in [1.29, 1.82) is 0 Å². The van der Waals surface area contributed by atoms with Crippen molar-refractivity contribution in [3.05, 3.63) is 96.2 Å². The first-order chi connectivity index (χ1) is 17.4. The van der Waals surface area contributed by atoms with Crippen molar-refractivity contribution in [2.45, 2.75) is 32.1 Å². The van der Waals surface area contributed by atoms with Crippen LogP contribution >= 0.6 is 0 Å². The maximum atomic E-state index is 6.66. The molecule has 4 aromatic carbocycles. The predicted octanol–water partition coefficient (Wildman–Crippen LogP) is 3.49. The molecule has 1 aromatic heterocycles. The average molecular weight is 516 g/mol. The Hall–Kier alpha value is -3.20. The molecule has 2 nitrogen and oxygen atoms in total. The SMILES string of the molecule is c1ccc2c(c1)[Se]c1cccc3c1B2c1ccc(-n2c4c(c5ccccc52)CCCCC4)cc1O3. The van der Waals surface area contributed by atoms with Gasteiger partial charge < -0.3 is 0 Å². The van der Waals surface area contributed by atoms with Crippen molar-refractivity contribution >= 4 is 57.9 Å². The number of aryl methyl sites for hydroxylation is 1. The number of rotatable bonds is 1. The van der Waals surface area contributed by atoms with Gasteiger partial charge in [0, 0.05) is 0 Å². The van der Waals surface area contributed by atoms with Crippen LogP contribution < -0.4 is 30.0 Å². The van der Waals surface area contributed by atoms with E-state index in [0.717, 1.165) is 17.9 Å². The van der Waals surface area contributed by atoms with E-state index in [1.807, 2.05) is 0 Å². The van der Waals surface area contributed by atoms with Crippen molar-refractivity contribution in [3.8, 4) is 17.2 Å². The molecular formula is C31H24BNOSe. The first kappa shape index (κ1) is 20.0. The van der Waals surface area contributed by atoms with Gasteiger partial charge in [0.05, 0.1) is 0 Å². The molecule has 8 rings (SSSR count). The van der Waals surface area contributed by atoms with Gasteiger partial charge in [-0.15, -0.1) is 0 Å². The maximum absolute atomic E-state index is 6.66. The van der Waals surface area contributed by atoms with E-state index < -0.39 is 0 Å². The Morgan fingerprint density at radius 1 is 0.714 bits per heavy atom. The van der Waals surface area contributed by atoms with E-state index in [1.165, 1.54) is 73.3 Å². The van der Waals surface area contributed by atoms with Crippen LogP contribution in [0.5, 0.6) is 11.5 Å². The molecule has 0 atom stereocenters. The van der Waals surface area contributed by atoms with E-state index in [9.17, 15) is 0 Å². The Labute approximate surface area is 212 Å². The van der Waals surface area contributed by atoms with Crippen LogP contribution in [0, 0.1) is 0 Å². The van der Waals surface area contributed by atoms with E-state index in [1.54, 1.807) is 5.56 Å². The molecule has 2 aliphatic heterocycles. The van der Waals surface area contributed by atoms with Gasteiger partial charge in [-0.25, -0.2) is 0 Å². The molecule has 0 unspecified atom stereocenters. The Bertz CT molecular complexity index is 1650. The van der Waals surface area contributed by atoms with Gasteiger partial charge in [0.25, 0.3) is 0 Å². The Balaban J connectivity index is 1.35. The zero-order chi connectivity index (χ0) is 22.9. The molecule has 0 bridgehead atoms. The van der Waals surface area contributed by atoms with Crippen LogP contribution in [-0.2, 0) is 12.8 Å². The molecule has 0 saturated heterocycles. The van der Waals surface area contributed by atoms with Gasteiger partial charge in [0.2, 0.25) is 0 Å². The number of fused-ring (bicyclic) bond motifs is 7. The minimum atomic E-state index is 0.254. The average Bonchev–Trinajstić information content (AvgIpc) is 3.03. The van der Waals surface area contributed by atoms with Gasteiger partial charge in [-0.05, 0) is 0 Å². The van der Waals surface area contributed by atoms with Crippen LogP contribution in [0.3, 0.4) is 0 Å². The molecule has 0 amide bonds. The molecule has 0 spiro atoms. The fourth-order valence-corrected chi connectivity index (χ4v) is 8.91. The molecule has 35 heavy (non-hydrogen) atoms. The van der Waals surface area contributed by atoms with E-state index in [4.69, 9.17) is 4.74 Å². The zero-order valence-electron chi connectivity index (χ0n) is 19.5. The summed E-state index contributed by atoms with van der Waals surface area (Å²) in [6.45, 7) is 0.254. The molecular weight excluding hydrogens is 492 g/mol. The van der Waals surface area contributed by atoms with E-state index >= 15 is 0 Å². The first-order valence-corrected chi connectivity index (χ1v) is 14.4. The summed E-state index contributed by atoms with van der Waals surface area (Å²) in [4.78, 5) is 0. The second kappa shape index (κ2) is 7.65. The Kier molecular flexibility index (Phi) is 4.38. The summed E-state index contributed by atoms with van der Waals surface area (Å²) in [6, 6.07) is 31.5. The molecule has 1 aliphatic carbocycles. The number of nitrogens with zero attached hydrogens (tertiary/aromatic N) is 1. The zero-order valence-corrected chi connectivity index (χ0v) is 21.2. The van der Waals surface area contributed by atoms with Gasteiger partial charge in [0.15, 0.2) is 0 Å². The molecule has 4 heteroatoms. The number of hydrogen-bond acceptors (Lipinski definition) is 1. The van der Waals surface area contributed by atoms with Gasteiger partial charge in [-0.2, -0.15) is 0 Å². The molecule has 0 radical (unpaired) electrons. The third-order valence-electron chi connectivity index (χ3n) is 7.98. The molecule has 3 aliphatic rings. The van der Waals surface area contributed by atoms with Crippen LogP contribution in [0.1, 0.15) is 30.5 Å². The Morgan fingerprint density at radius 3 is 2.57 bits per heavy atom. The van der Waals surface area contributed by atoms with Crippen molar-refractivity contribution < 1.29 is 4.74 Å². The first-order valence-electron chi connectivity index (χ1n) is 12.7. The van der Waals surface area contributed by atoms with E-state index in [0.29, 0.717) is 15.0 Å². The van der Waals surface area contributed by atoms with Crippen LogP contribution in [0.4, 0.5) is 0 Å². The second-order valence-electron chi connectivity index (χ2n) is 9.90. The van der Waals surface area contributed by atoms with Crippen molar-refractivity contribution in [2.75, 3.05) is 0 Å². The molecule has 3 heterocycles. The summed E-state index contributed by atoms with van der Waals surface area (Å²) < 4.78 is 12.1. The minimum absolute atomic E-state index is 0.254. The van der Waals surface area contributed by atoms with Crippen LogP contribution in [-0.4, -0.2) is 26.2 Å². The number of ether oxygens (including phenoxy) is 1. The Morgan fingerprint density at radius 2 is 1.57 bits per heavy atom. The molecule has 0 N–H and O–H groups in total. The van der Waals surface area contributed by atoms with Crippen molar-refractivity contribution in [3.63, 3.8) is 0 Å². The van der Waals surface area contributed by atoms with Crippen LogP contribution in [0.2, 0.25) is 0 Å². The fourth-order valence-electron chi connectivity index (χ4n) is 6.47. The van der Waals surface area contributed by atoms with Gasteiger partial charge >= 0.3 is 213 Å². The fraction of sp³-hybridized carbons (Fsp3) is 0.161. The summed E-state index contributed by atoms with van der Waals surface area (Å²) in [5.41, 5.74) is 9.71. The second-order valence-corrected chi connectivity index (χ2v) is 12.2. The van der Waals surface area contributed by atoms with Gasteiger partial charge in [0.1, 0.15) is 0 Å². The summed E-state index contributed by atoms with van der Waals surface area (Å²) in [5, 5.41) is 1.42. The number of aromatic nitrogens is 1. The standard InChI is InChI=1S/C31H24BNOSe/c1-2-9-21-22-10-4-6-13-26(22)33(25(21)12-3-1)20-17-18-23-28(19-20)34-27-14-8-16-30-31(27)32(23)24-11-5-7-15-29(24)35-30/h4-8,10-11,13-19H,1-3,9,12H2. The third kappa shape index (κ3) is 2.90. The van der Waals surface area contributed by atoms with E-state index in [-0.39, 0.29) is 6.71 Å². The third-order valence-corrected chi connectivity index (χ3v) is 10.4. The summed E-state index contributed by atoms with van der Waals surface area (Å²) in [5.74, 6) is 2.03. The summed E-state index contributed by atoms with van der Waals surface area (Å²) in [6.07, 6.45) is 6.20. The van der Waals surface area contributed by atoms with Gasteiger partial charge in [-0.1, -0.05) is 0 Å². The molecule has 168 valence electrons. The monoisotopic (exact) mass is 517 g/mol. The molecule has 5 aromatic rings. The summed E-state index contributed by atoms with van der Waals surface area (Å²) >= 11 is 0.320. The van der Waals surface area contributed by atoms with Crippen LogP contribution in [0.25, 0.3) is 16.6 Å². The number of benzene rings is 4. The topological polar surface area (TPSA) is 14.2 Å². The van der Waals surface area contributed by atoms with Crippen molar-refractivity contribution in [2.24, 2.45) is 0 Å². The quantitative estimate of drug-likeness (QED) is 0.241. The normalized spacial score (nSPS) is 15.5. The van der Waals surface area contributed by atoms with Crippen molar-refractivity contribution in [1.82, 2.24) is 4.57 Å². The van der Waals surface area contributed by atoms with Gasteiger partial charge in [-0.3, -0.25) is 0 Å². The van der Waals surface area contributed by atoms with E-state index in [2.05, 4.69) is 89.5 Å². The number of para-hydroxylation sites is 1. The number of hydrogen-bond donors (Lipinski definition) is 0. The molecule has 0 saturated carbocycles.